The summed E-state index contributed by atoms with van der Waals surface area (Å²) < 4.78 is 14.9. The monoisotopic (exact) mass is 717 g/mol. The number of amides is 4. The van der Waals surface area contributed by atoms with E-state index in [0.717, 1.165) is 30.4 Å². The second-order valence-electron chi connectivity index (χ2n) is 14.0. The van der Waals surface area contributed by atoms with E-state index >= 15 is 0 Å². The number of carbonyl (C=O) groups excluding carboxylic acids is 4. The van der Waals surface area contributed by atoms with E-state index in [-0.39, 0.29) is 71.4 Å². The minimum atomic E-state index is -1.08. The molecule has 0 saturated carbocycles. The molecule has 3 aliphatic rings. The number of aliphatic hydroxyl groups is 1. The maximum atomic E-state index is 14.9. The number of carbonyl (C=O) groups is 4. The largest absolute Gasteiger partial charge is 0.393 e. The van der Waals surface area contributed by atoms with Gasteiger partial charge in [-0.1, -0.05) is 47.5 Å². The molecular formula is C36H46Cl2FN5O5. The van der Waals surface area contributed by atoms with E-state index in [0.29, 0.717) is 39.0 Å². The van der Waals surface area contributed by atoms with E-state index in [1.165, 1.54) is 17.0 Å². The van der Waals surface area contributed by atoms with Crippen LogP contribution in [0.25, 0.3) is 0 Å². The molecule has 2 aromatic carbocycles. The molecule has 13 heteroatoms. The predicted molar refractivity (Wildman–Crippen MR) is 187 cm³/mol. The summed E-state index contributed by atoms with van der Waals surface area (Å²) in [5.74, 6) is -2.45. The van der Waals surface area contributed by atoms with Crippen LogP contribution in [0.1, 0.15) is 76.3 Å². The number of likely N-dealkylation sites (tertiary alicyclic amines) is 2. The third kappa shape index (κ3) is 9.11. The molecule has 2 fully saturated rings. The van der Waals surface area contributed by atoms with Crippen LogP contribution in [0.5, 0.6) is 0 Å². The molecule has 2 aromatic rings. The number of benzene rings is 2. The van der Waals surface area contributed by atoms with Crippen molar-refractivity contribution in [1.29, 1.82) is 0 Å². The Balaban J connectivity index is 1.33. The predicted octanol–water partition coefficient (Wildman–Crippen LogP) is 4.93. The van der Waals surface area contributed by atoms with Gasteiger partial charge in [0.2, 0.25) is 23.6 Å². The highest BCUT2D eigenvalue weighted by molar-refractivity contribution is 6.42. The average molecular weight is 719 g/mol. The van der Waals surface area contributed by atoms with Gasteiger partial charge in [-0.15, -0.1) is 0 Å². The summed E-state index contributed by atoms with van der Waals surface area (Å²) in [4.78, 5) is 60.3. The quantitative estimate of drug-likeness (QED) is 0.300. The van der Waals surface area contributed by atoms with E-state index in [1.807, 2.05) is 43.0 Å². The Bertz CT molecular complexity index is 1550. The molecule has 0 aliphatic carbocycles. The van der Waals surface area contributed by atoms with Crippen LogP contribution in [0.15, 0.2) is 36.4 Å². The normalized spacial score (nSPS) is 20.3. The van der Waals surface area contributed by atoms with Gasteiger partial charge in [0.1, 0.15) is 12.1 Å². The van der Waals surface area contributed by atoms with Gasteiger partial charge in [-0.05, 0) is 75.6 Å². The van der Waals surface area contributed by atoms with Crippen LogP contribution in [-0.2, 0) is 32.1 Å². The van der Waals surface area contributed by atoms with E-state index in [9.17, 15) is 28.7 Å². The molecule has 5 rings (SSSR count). The van der Waals surface area contributed by atoms with Gasteiger partial charge in [0, 0.05) is 57.5 Å². The van der Waals surface area contributed by atoms with Crippen LogP contribution in [0, 0.1) is 5.82 Å². The molecule has 0 bridgehead atoms. The summed E-state index contributed by atoms with van der Waals surface area (Å²) in [5, 5.41) is 15.0. The standard InChI is InChI=1S/C36H46Cl2FN5O5/c1-36(2)16-5-6-17-44(36)31(47)12-11-30(46)43-22-24-8-4-3-7-23(24)21-29(43)35(49)41-28(15-20-42-18-13-25(45)14-19-42)34(48)40-27-10-9-26(37)32(38)33(27)39/h3-4,7-10,25,28-29,45H,5-6,11-22H2,1-2H3,(H,40,48)(H,41,49)/t28?,29-/m0/s1. The van der Waals surface area contributed by atoms with Gasteiger partial charge >= 0.3 is 0 Å². The highest BCUT2D eigenvalue weighted by Gasteiger charge is 2.38. The first-order valence-corrected chi connectivity index (χ1v) is 17.9. The topological polar surface area (TPSA) is 122 Å². The molecule has 4 amide bonds. The molecule has 10 nitrogen and oxygen atoms in total. The van der Waals surface area contributed by atoms with Crippen molar-refractivity contribution in [3.63, 3.8) is 0 Å². The van der Waals surface area contributed by atoms with Crippen molar-refractivity contribution in [3.8, 4) is 0 Å². The highest BCUT2D eigenvalue weighted by Crippen LogP contribution is 2.31. The second-order valence-corrected chi connectivity index (χ2v) is 14.7. The lowest BCUT2D eigenvalue weighted by atomic mass is 9.90. The van der Waals surface area contributed by atoms with Crippen molar-refractivity contribution < 1.29 is 28.7 Å². The third-order valence-corrected chi connectivity index (χ3v) is 10.9. The fourth-order valence-corrected chi connectivity index (χ4v) is 7.38. The minimum Gasteiger partial charge on any atom is -0.393 e. The summed E-state index contributed by atoms with van der Waals surface area (Å²) in [5.41, 5.74) is 1.39. The molecule has 0 radical (unpaired) electrons. The zero-order valence-corrected chi connectivity index (χ0v) is 29.7. The van der Waals surface area contributed by atoms with Gasteiger partial charge in [-0.2, -0.15) is 0 Å². The Morgan fingerprint density at radius 2 is 1.67 bits per heavy atom. The Labute approximate surface area is 297 Å². The first kappa shape index (κ1) is 37.0. The summed E-state index contributed by atoms with van der Waals surface area (Å²) >= 11 is 11.9. The number of aliphatic hydroxyl groups excluding tert-OH is 1. The lowest BCUT2D eigenvalue weighted by Gasteiger charge is -2.42. The first-order chi connectivity index (χ1) is 23.3. The van der Waals surface area contributed by atoms with Crippen molar-refractivity contribution in [2.24, 2.45) is 0 Å². The molecule has 3 heterocycles. The third-order valence-electron chi connectivity index (χ3n) is 10.1. The van der Waals surface area contributed by atoms with Crippen LogP contribution < -0.4 is 10.6 Å². The van der Waals surface area contributed by atoms with Crippen molar-refractivity contribution in [3.05, 3.63) is 63.4 Å². The molecule has 2 atom stereocenters. The molecule has 1 unspecified atom stereocenters. The van der Waals surface area contributed by atoms with E-state index in [4.69, 9.17) is 23.2 Å². The Hall–Kier alpha value is -3.25. The number of halogens is 3. The first-order valence-electron chi connectivity index (χ1n) is 17.2. The fraction of sp³-hybridized carbons (Fsp3) is 0.556. The van der Waals surface area contributed by atoms with Gasteiger partial charge in [-0.3, -0.25) is 19.2 Å². The average Bonchev–Trinajstić information content (AvgIpc) is 3.08. The van der Waals surface area contributed by atoms with E-state index in [2.05, 4.69) is 15.5 Å². The summed E-state index contributed by atoms with van der Waals surface area (Å²) in [6, 6.07) is 8.26. The molecule has 266 valence electrons. The second kappa shape index (κ2) is 16.2. The number of nitrogens with one attached hydrogen (secondary N) is 2. The highest BCUT2D eigenvalue weighted by atomic mass is 35.5. The van der Waals surface area contributed by atoms with Crippen molar-refractivity contribution >= 4 is 52.5 Å². The van der Waals surface area contributed by atoms with Crippen molar-refractivity contribution in [2.75, 3.05) is 31.5 Å². The summed E-state index contributed by atoms with van der Waals surface area (Å²) in [6.07, 6.45) is 4.17. The SMILES string of the molecule is CC1(C)CCCCN1C(=O)CCC(=O)N1Cc2ccccc2C[C@H]1C(=O)NC(CCN1CCC(O)CC1)C(=O)Nc1ccc(Cl)c(Cl)c1F. The number of piperidine rings is 2. The molecular weight excluding hydrogens is 672 g/mol. The molecule has 0 spiro atoms. The lowest BCUT2D eigenvalue weighted by molar-refractivity contribution is -0.145. The number of nitrogens with zero attached hydrogens (tertiary/aromatic N) is 3. The van der Waals surface area contributed by atoms with Crippen LogP contribution in [0.2, 0.25) is 10.0 Å². The summed E-state index contributed by atoms with van der Waals surface area (Å²) in [6.45, 7) is 6.67. The summed E-state index contributed by atoms with van der Waals surface area (Å²) in [7, 11) is 0. The van der Waals surface area contributed by atoms with Crippen LogP contribution in [0.3, 0.4) is 0 Å². The molecule has 0 aromatic heterocycles. The fourth-order valence-electron chi connectivity index (χ4n) is 7.07. The molecule has 2 saturated heterocycles. The molecule has 49 heavy (non-hydrogen) atoms. The van der Waals surface area contributed by atoms with E-state index in [1.54, 1.807) is 0 Å². The number of anilines is 1. The van der Waals surface area contributed by atoms with Gasteiger partial charge in [0.15, 0.2) is 5.82 Å². The number of rotatable bonds is 10. The Morgan fingerprint density at radius 1 is 0.980 bits per heavy atom. The number of fused-ring (bicyclic) bond motifs is 1. The zero-order valence-electron chi connectivity index (χ0n) is 28.2. The van der Waals surface area contributed by atoms with Crippen molar-refractivity contribution in [1.82, 2.24) is 20.0 Å². The number of hydrogen-bond donors (Lipinski definition) is 3. The van der Waals surface area contributed by atoms with Crippen LogP contribution in [-0.4, -0.2) is 93.3 Å². The molecule has 3 aliphatic heterocycles. The maximum Gasteiger partial charge on any atom is 0.247 e. The van der Waals surface area contributed by atoms with Crippen LogP contribution >= 0.6 is 23.2 Å². The van der Waals surface area contributed by atoms with Crippen molar-refractivity contribution in [2.45, 2.75) is 102 Å². The Kier molecular flexibility index (Phi) is 12.2. The van der Waals surface area contributed by atoms with Gasteiger partial charge < -0.3 is 30.4 Å². The van der Waals surface area contributed by atoms with Gasteiger partial charge in [0.25, 0.3) is 0 Å². The minimum absolute atomic E-state index is 0.00187. The van der Waals surface area contributed by atoms with E-state index < -0.39 is 29.7 Å². The molecule has 3 N–H and O–H groups in total. The van der Waals surface area contributed by atoms with Gasteiger partial charge in [-0.25, -0.2) is 4.39 Å². The van der Waals surface area contributed by atoms with Crippen LogP contribution in [0.4, 0.5) is 10.1 Å². The van der Waals surface area contributed by atoms with Gasteiger partial charge in [0.05, 0.1) is 21.8 Å². The smallest absolute Gasteiger partial charge is 0.247 e. The lowest BCUT2D eigenvalue weighted by Crippen LogP contribution is -2.56. The zero-order chi connectivity index (χ0) is 35.3. The number of hydrogen-bond acceptors (Lipinski definition) is 6. The Morgan fingerprint density at radius 3 is 2.39 bits per heavy atom. The maximum absolute atomic E-state index is 14.9.